The van der Waals surface area contributed by atoms with Crippen molar-refractivity contribution in [2.24, 2.45) is 5.90 Å². The first-order chi connectivity index (χ1) is 18.2. The number of nitrogens with one attached hydrogen (secondary N) is 3. The Labute approximate surface area is 224 Å². The second-order valence-corrected chi connectivity index (χ2v) is 9.15. The molecule has 0 atom stereocenters. The van der Waals surface area contributed by atoms with Gasteiger partial charge in [-0.3, -0.25) is 48.2 Å². The molecule has 0 aromatic heterocycles. The molecule has 0 fully saturated rings. The van der Waals surface area contributed by atoms with Crippen LogP contribution in [0, 0.1) is 0 Å². The minimum absolute atomic E-state index is 0.0662. The number of ether oxygens (including phenoxy) is 1. The molecule has 16 heteroatoms. The third kappa shape index (κ3) is 11.8. The van der Waals surface area contributed by atoms with Gasteiger partial charge in [0.25, 0.3) is 23.6 Å². The van der Waals surface area contributed by atoms with Crippen molar-refractivity contribution in [3.8, 4) is 0 Å². The summed E-state index contributed by atoms with van der Waals surface area (Å²) in [4.78, 5) is 90.3. The van der Waals surface area contributed by atoms with E-state index in [2.05, 4.69) is 15.5 Å². The maximum absolute atomic E-state index is 11.6. The molecule has 0 saturated carbocycles. The lowest BCUT2D eigenvalue weighted by molar-refractivity contribution is -0.139. The molecule has 0 radical (unpaired) electrons. The van der Waals surface area contributed by atoms with E-state index >= 15 is 0 Å². The number of nitrogens with zero attached hydrogens (tertiary/aromatic N) is 2. The summed E-state index contributed by atoms with van der Waals surface area (Å²) in [5.74, 6) is 2.34. The van der Waals surface area contributed by atoms with Crippen molar-refractivity contribution in [1.82, 2.24) is 25.9 Å². The lowest BCUT2D eigenvalue weighted by Gasteiger charge is -2.19. The van der Waals surface area contributed by atoms with Gasteiger partial charge in [0.15, 0.2) is 6.61 Å². The van der Waals surface area contributed by atoms with Gasteiger partial charge >= 0.3 is 6.09 Å². The molecule has 0 saturated heterocycles. The number of rotatable bonds is 11. The Morgan fingerprint density at radius 1 is 0.821 bits per heavy atom. The molecule has 0 bridgehead atoms. The minimum atomic E-state index is -0.805. The Hall–Kier alpha value is -4.15. The number of hydrogen-bond acceptors (Lipinski definition) is 11. The summed E-state index contributed by atoms with van der Waals surface area (Å²) in [6, 6.07) is 0. The molecule has 16 nitrogen and oxygen atoms in total. The molecule has 2 aliphatic heterocycles. The SMILES string of the molecule is CC1=CC(=O)N(CCNC(=O)CON)C1=O.CC1=CC(=O)N(CCNC(=O)CONC(=O)OC(C)(C)C)C1=O. The third-order valence-corrected chi connectivity index (χ3v) is 4.66. The average molecular weight is 555 g/mol. The van der Waals surface area contributed by atoms with Crippen LogP contribution in [0.15, 0.2) is 23.3 Å². The summed E-state index contributed by atoms with van der Waals surface area (Å²) in [6.07, 6.45) is 1.71. The number of amides is 7. The molecule has 0 aromatic carbocycles. The summed E-state index contributed by atoms with van der Waals surface area (Å²) in [5, 5.41) is 4.92. The van der Waals surface area contributed by atoms with E-state index in [0.29, 0.717) is 11.1 Å². The predicted molar refractivity (Wildman–Crippen MR) is 132 cm³/mol. The third-order valence-electron chi connectivity index (χ3n) is 4.66. The van der Waals surface area contributed by atoms with Gasteiger partial charge in [0.05, 0.1) is 0 Å². The van der Waals surface area contributed by atoms with Gasteiger partial charge in [-0.1, -0.05) is 0 Å². The Morgan fingerprint density at radius 2 is 1.26 bits per heavy atom. The average Bonchev–Trinajstić information content (AvgIpc) is 3.20. The molecule has 39 heavy (non-hydrogen) atoms. The Balaban J connectivity index is 0.000000416. The van der Waals surface area contributed by atoms with Gasteiger partial charge in [-0.05, 0) is 34.6 Å². The van der Waals surface area contributed by atoms with Crippen LogP contribution in [-0.4, -0.2) is 96.3 Å². The van der Waals surface area contributed by atoms with Crippen molar-refractivity contribution in [3.63, 3.8) is 0 Å². The molecule has 0 spiro atoms. The second kappa shape index (κ2) is 15.3. The first-order valence-electron chi connectivity index (χ1n) is 11.7. The molecular weight excluding hydrogens is 520 g/mol. The van der Waals surface area contributed by atoms with Crippen LogP contribution in [0.25, 0.3) is 0 Å². The molecule has 5 N–H and O–H groups in total. The van der Waals surface area contributed by atoms with Gasteiger partial charge in [-0.15, -0.1) is 0 Å². The number of hydroxylamine groups is 1. The van der Waals surface area contributed by atoms with Gasteiger partial charge in [0, 0.05) is 49.5 Å². The van der Waals surface area contributed by atoms with E-state index in [4.69, 9.17) is 15.5 Å². The fraction of sp³-hybridized carbons (Fsp3) is 0.522. The molecule has 2 aliphatic rings. The highest BCUT2D eigenvalue weighted by molar-refractivity contribution is 6.16. The maximum Gasteiger partial charge on any atom is 0.431 e. The van der Waals surface area contributed by atoms with E-state index in [9.17, 15) is 33.6 Å². The highest BCUT2D eigenvalue weighted by atomic mass is 16.7. The van der Waals surface area contributed by atoms with Crippen molar-refractivity contribution < 1.29 is 48.0 Å². The first kappa shape index (κ1) is 32.9. The zero-order valence-electron chi connectivity index (χ0n) is 22.5. The molecular formula is C23H34N6O10. The van der Waals surface area contributed by atoms with Crippen LogP contribution in [0.1, 0.15) is 34.6 Å². The second-order valence-electron chi connectivity index (χ2n) is 9.15. The van der Waals surface area contributed by atoms with Crippen molar-refractivity contribution in [2.75, 3.05) is 39.4 Å². The van der Waals surface area contributed by atoms with Crippen molar-refractivity contribution in [1.29, 1.82) is 0 Å². The highest BCUT2D eigenvalue weighted by Crippen LogP contribution is 2.11. The van der Waals surface area contributed by atoms with Gasteiger partial charge < -0.3 is 15.4 Å². The van der Waals surface area contributed by atoms with Crippen LogP contribution < -0.4 is 22.0 Å². The lowest BCUT2D eigenvalue weighted by atomic mass is 10.2. The van der Waals surface area contributed by atoms with E-state index in [1.807, 2.05) is 5.48 Å². The van der Waals surface area contributed by atoms with Crippen LogP contribution >= 0.6 is 0 Å². The molecule has 216 valence electrons. The molecule has 2 rings (SSSR count). The topological polar surface area (TPSA) is 216 Å². The zero-order valence-corrected chi connectivity index (χ0v) is 22.5. The molecule has 0 aromatic rings. The molecule has 0 unspecified atom stereocenters. The molecule has 0 aliphatic carbocycles. The largest absolute Gasteiger partial charge is 0.442 e. The molecule has 7 amide bonds. The quantitative estimate of drug-likeness (QED) is 0.165. The zero-order chi connectivity index (χ0) is 29.8. The highest BCUT2D eigenvalue weighted by Gasteiger charge is 2.28. The number of nitrogens with two attached hydrogens (primary N) is 1. The normalized spacial score (nSPS) is 14.9. The van der Waals surface area contributed by atoms with Crippen LogP contribution in [-0.2, 0) is 43.2 Å². The monoisotopic (exact) mass is 554 g/mol. The van der Waals surface area contributed by atoms with E-state index in [-0.39, 0.29) is 50.5 Å². The van der Waals surface area contributed by atoms with Crippen molar-refractivity contribution in [3.05, 3.63) is 23.3 Å². The smallest absolute Gasteiger partial charge is 0.431 e. The standard InChI is InChI=1S/C14H21N3O6.C9H13N3O4/c1-9-7-11(19)17(12(9)20)6-5-15-10(18)8-22-16-13(21)23-14(2,3)4;1-6-4-8(14)12(9(6)15)3-2-11-7(13)5-16-10/h7H,5-6,8H2,1-4H3,(H,15,18)(H,16,21);4H,2-3,5,10H2,1H3,(H,11,13). The minimum Gasteiger partial charge on any atom is -0.442 e. The number of imide groups is 2. The Morgan fingerprint density at radius 3 is 1.62 bits per heavy atom. The summed E-state index contributed by atoms with van der Waals surface area (Å²) >= 11 is 0. The van der Waals surface area contributed by atoms with E-state index in [1.54, 1.807) is 34.6 Å². The van der Waals surface area contributed by atoms with E-state index in [0.717, 1.165) is 9.80 Å². The van der Waals surface area contributed by atoms with Crippen molar-refractivity contribution in [2.45, 2.75) is 40.2 Å². The Bertz CT molecular complexity index is 1050. The first-order valence-corrected chi connectivity index (χ1v) is 11.7. The summed E-state index contributed by atoms with van der Waals surface area (Å²) in [5.41, 5.74) is 2.07. The fourth-order valence-electron chi connectivity index (χ4n) is 2.95. The van der Waals surface area contributed by atoms with Crippen LogP contribution in [0.5, 0.6) is 0 Å². The number of hydrogen-bond donors (Lipinski definition) is 4. The van der Waals surface area contributed by atoms with Crippen LogP contribution in [0.3, 0.4) is 0 Å². The fourth-order valence-corrected chi connectivity index (χ4v) is 2.95. The number of carbonyl (C=O) groups is 7. The van der Waals surface area contributed by atoms with E-state index in [1.165, 1.54) is 12.2 Å². The van der Waals surface area contributed by atoms with Gasteiger partial charge in [-0.2, -0.15) is 5.48 Å². The van der Waals surface area contributed by atoms with Gasteiger partial charge in [0.2, 0.25) is 11.8 Å². The number of carbonyl (C=O) groups excluding carboxylic acids is 7. The summed E-state index contributed by atoms with van der Waals surface area (Å²) in [7, 11) is 0. The van der Waals surface area contributed by atoms with E-state index < -0.39 is 36.0 Å². The predicted octanol–water partition coefficient (Wildman–Crippen LogP) is -1.82. The Kier molecular flexibility index (Phi) is 12.9. The van der Waals surface area contributed by atoms with Crippen molar-refractivity contribution >= 4 is 41.5 Å². The van der Waals surface area contributed by atoms with Crippen LogP contribution in [0.4, 0.5) is 4.79 Å². The molecule has 2 heterocycles. The summed E-state index contributed by atoms with van der Waals surface area (Å²) < 4.78 is 4.91. The van der Waals surface area contributed by atoms with Crippen LogP contribution in [0.2, 0.25) is 0 Å². The lowest BCUT2D eigenvalue weighted by Crippen LogP contribution is -2.40. The van der Waals surface area contributed by atoms with Gasteiger partial charge in [-0.25, -0.2) is 10.7 Å². The maximum atomic E-state index is 11.6. The van der Waals surface area contributed by atoms with Gasteiger partial charge in [0.1, 0.15) is 12.2 Å². The summed E-state index contributed by atoms with van der Waals surface area (Å²) in [6.45, 7) is 8.00.